The summed E-state index contributed by atoms with van der Waals surface area (Å²) in [6.07, 6.45) is -1.27. The fourth-order valence-electron chi connectivity index (χ4n) is 2.45. The van der Waals surface area contributed by atoms with E-state index >= 15 is 0 Å². The minimum atomic E-state index is -4.36. The Kier molecular flexibility index (Phi) is 5.29. The highest BCUT2D eigenvalue weighted by molar-refractivity contribution is 5.58. The van der Waals surface area contributed by atoms with Crippen LogP contribution in [0.25, 0.3) is 11.3 Å². The summed E-state index contributed by atoms with van der Waals surface area (Å²) in [5.74, 6) is 0.166. The average Bonchev–Trinajstić information content (AvgIpc) is 2.61. The molecule has 140 valence electrons. The first-order chi connectivity index (χ1) is 12.8. The molecule has 0 radical (unpaired) electrons. The molecule has 3 rings (SSSR count). The van der Waals surface area contributed by atoms with Gasteiger partial charge in [-0.25, -0.2) is 9.37 Å². The molecule has 0 spiro atoms. The summed E-state index contributed by atoms with van der Waals surface area (Å²) >= 11 is 0. The summed E-state index contributed by atoms with van der Waals surface area (Å²) in [6, 6.07) is 7.23. The van der Waals surface area contributed by atoms with Gasteiger partial charge in [0.1, 0.15) is 11.6 Å². The van der Waals surface area contributed by atoms with E-state index in [0.29, 0.717) is 17.1 Å². The van der Waals surface area contributed by atoms with Crippen LogP contribution in [-0.4, -0.2) is 26.3 Å². The molecular weight excluding hydrogens is 362 g/mol. The van der Waals surface area contributed by atoms with Crippen molar-refractivity contribution in [2.45, 2.75) is 25.6 Å². The van der Waals surface area contributed by atoms with E-state index in [1.807, 2.05) is 6.92 Å². The second-order valence-corrected chi connectivity index (χ2v) is 5.93. The molecule has 1 N–H and O–H groups in total. The zero-order chi connectivity index (χ0) is 19.4. The number of aromatic nitrogens is 4. The first-order valence-corrected chi connectivity index (χ1v) is 8.03. The van der Waals surface area contributed by atoms with E-state index < -0.39 is 12.6 Å². The largest absolute Gasteiger partial charge is 0.394 e. The SMILES string of the molecule is CC(Nc1cnc(-c2cnnc(CC(F)(F)F)c2)cn1)c1ccc(F)cc1. The highest BCUT2D eigenvalue weighted by atomic mass is 19.4. The minimum Gasteiger partial charge on any atom is -0.362 e. The van der Waals surface area contributed by atoms with Gasteiger partial charge >= 0.3 is 6.18 Å². The van der Waals surface area contributed by atoms with Crippen molar-refractivity contribution in [2.75, 3.05) is 5.32 Å². The Hall–Kier alpha value is -3.10. The van der Waals surface area contributed by atoms with Gasteiger partial charge in [0, 0.05) is 11.6 Å². The molecule has 27 heavy (non-hydrogen) atoms. The van der Waals surface area contributed by atoms with Crippen LogP contribution >= 0.6 is 0 Å². The molecule has 1 aromatic carbocycles. The Morgan fingerprint density at radius 2 is 1.78 bits per heavy atom. The van der Waals surface area contributed by atoms with Crippen molar-refractivity contribution in [1.29, 1.82) is 0 Å². The Labute approximate surface area is 152 Å². The third kappa shape index (κ3) is 5.19. The zero-order valence-electron chi connectivity index (χ0n) is 14.2. The molecule has 2 heterocycles. The van der Waals surface area contributed by atoms with Crippen molar-refractivity contribution in [3.63, 3.8) is 0 Å². The van der Waals surface area contributed by atoms with Crippen molar-refractivity contribution in [2.24, 2.45) is 0 Å². The van der Waals surface area contributed by atoms with E-state index in [0.717, 1.165) is 5.56 Å². The number of benzene rings is 1. The third-order valence-electron chi connectivity index (χ3n) is 3.77. The van der Waals surface area contributed by atoms with E-state index in [4.69, 9.17) is 0 Å². The summed E-state index contributed by atoms with van der Waals surface area (Å²) in [5.41, 5.74) is 1.47. The van der Waals surface area contributed by atoms with Crippen LogP contribution in [0.3, 0.4) is 0 Å². The molecule has 0 aliphatic carbocycles. The smallest absolute Gasteiger partial charge is 0.362 e. The van der Waals surface area contributed by atoms with Gasteiger partial charge in [-0.15, -0.1) is 0 Å². The number of nitrogens with one attached hydrogen (secondary N) is 1. The number of anilines is 1. The van der Waals surface area contributed by atoms with Gasteiger partial charge in [-0.3, -0.25) is 4.98 Å². The van der Waals surface area contributed by atoms with Crippen LogP contribution in [0.1, 0.15) is 24.2 Å². The maximum Gasteiger partial charge on any atom is 0.394 e. The molecule has 0 amide bonds. The summed E-state index contributed by atoms with van der Waals surface area (Å²) < 4.78 is 50.4. The van der Waals surface area contributed by atoms with Crippen LogP contribution in [-0.2, 0) is 6.42 Å². The van der Waals surface area contributed by atoms with Gasteiger partial charge in [-0.2, -0.15) is 23.4 Å². The highest BCUT2D eigenvalue weighted by Crippen LogP contribution is 2.23. The molecule has 3 aromatic rings. The Balaban J connectivity index is 1.72. The number of nitrogens with zero attached hydrogens (tertiary/aromatic N) is 4. The van der Waals surface area contributed by atoms with E-state index in [1.54, 1.807) is 12.1 Å². The normalized spacial score (nSPS) is 12.6. The molecule has 0 bridgehead atoms. The molecule has 1 unspecified atom stereocenters. The summed E-state index contributed by atoms with van der Waals surface area (Å²) in [4.78, 5) is 8.44. The first-order valence-electron chi connectivity index (χ1n) is 8.03. The van der Waals surface area contributed by atoms with Crippen LogP contribution in [0, 0.1) is 5.82 Å². The quantitative estimate of drug-likeness (QED) is 0.670. The van der Waals surface area contributed by atoms with Crippen molar-refractivity contribution >= 4 is 5.82 Å². The van der Waals surface area contributed by atoms with Gasteiger partial charge in [0.2, 0.25) is 0 Å². The molecule has 5 nitrogen and oxygen atoms in total. The number of hydrogen-bond acceptors (Lipinski definition) is 5. The number of rotatable bonds is 5. The maximum atomic E-state index is 13.0. The Bertz CT molecular complexity index is 895. The van der Waals surface area contributed by atoms with Gasteiger partial charge in [0.25, 0.3) is 0 Å². The second kappa shape index (κ2) is 7.65. The standard InChI is InChI=1S/C18H15F4N5/c1-11(12-2-4-14(19)5-3-12)26-17-10-23-16(9-24-17)13-6-15(27-25-8-13)7-18(20,21)22/h2-6,8-11H,7H2,1H3,(H,24,26). The predicted octanol–water partition coefficient (Wildman–Crippen LogP) is 4.35. The van der Waals surface area contributed by atoms with E-state index in [-0.39, 0.29) is 17.6 Å². The topological polar surface area (TPSA) is 63.6 Å². The lowest BCUT2D eigenvalue weighted by Gasteiger charge is -2.15. The summed E-state index contributed by atoms with van der Waals surface area (Å²) in [5, 5.41) is 10.2. The van der Waals surface area contributed by atoms with Gasteiger partial charge in [-0.05, 0) is 30.7 Å². The van der Waals surface area contributed by atoms with Gasteiger partial charge in [-0.1, -0.05) is 12.1 Å². The summed E-state index contributed by atoms with van der Waals surface area (Å²) in [7, 11) is 0. The molecule has 9 heteroatoms. The maximum absolute atomic E-state index is 13.0. The van der Waals surface area contributed by atoms with Gasteiger partial charge in [0.05, 0.1) is 36.4 Å². The van der Waals surface area contributed by atoms with Crippen LogP contribution in [0.5, 0.6) is 0 Å². The lowest BCUT2D eigenvalue weighted by atomic mass is 10.1. The molecule has 2 aromatic heterocycles. The minimum absolute atomic E-state index is 0.133. The predicted molar refractivity (Wildman–Crippen MR) is 91.3 cm³/mol. The fraction of sp³-hybridized carbons (Fsp3) is 0.222. The molecule has 0 aliphatic rings. The van der Waals surface area contributed by atoms with E-state index in [2.05, 4.69) is 25.5 Å². The van der Waals surface area contributed by atoms with E-state index in [9.17, 15) is 17.6 Å². The first kappa shape index (κ1) is 18.7. The monoisotopic (exact) mass is 377 g/mol. The average molecular weight is 377 g/mol. The molecular formula is C18H15F4N5. The van der Waals surface area contributed by atoms with E-state index in [1.165, 1.54) is 36.8 Å². The number of alkyl halides is 3. The second-order valence-electron chi connectivity index (χ2n) is 5.93. The Morgan fingerprint density at radius 1 is 1.04 bits per heavy atom. The van der Waals surface area contributed by atoms with Crippen molar-refractivity contribution < 1.29 is 17.6 Å². The van der Waals surface area contributed by atoms with Crippen LogP contribution in [0.15, 0.2) is 48.9 Å². The molecule has 1 atom stereocenters. The molecule has 0 aliphatic heterocycles. The lowest BCUT2D eigenvalue weighted by molar-refractivity contribution is -0.127. The highest BCUT2D eigenvalue weighted by Gasteiger charge is 2.28. The van der Waals surface area contributed by atoms with Crippen LogP contribution in [0.4, 0.5) is 23.4 Å². The van der Waals surface area contributed by atoms with Crippen molar-refractivity contribution in [3.8, 4) is 11.3 Å². The lowest BCUT2D eigenvalue weighted by Crippen LogP contribution is -2.13. The summed E-state index contributed by atoms with van der Waals surface area (Å²) in [6.45, 7) is 1.89. The van der Waals surface area contributed by atoms with Crippen LogP contribution in [0.2, 0.25) is 0 Å². The fourth-order valence-corrected chi connectivity index (χ4v) is 2.45. The molecule has 0 saturated heterocycles. The Morgan fingerprint density at radius 3 is 2.41 bits per heavy atom. The zero-order valence-corrected chi connectivity index (χ0v) is 14.2. The van der Waals surface area contributed by atoms with Crippen molar-refractivity contribution in [3.05, 3.63) is 66.0 Å². The van der Waals surface area contributed by atoms with Gasteiger partial charge < -0.3 is 5.32 Å². The molecule has 0 saturated carbocycles. The van der Waals surface area contributed by atoms with Crippen LogP contribution < -0.4 is 5.32 Å². The third-order valence-corrected chi connectivity index (χ3v) is 3.77. The van der Waals surface area contributed by atoms with Gasteiger partial charge in [0.15, 0.2) is 0 Å². The number of hydrogen-bond donors (Lipinski definition) is 1. The number of halogens is 4. The molecule has 0 fully saturated rings. The van der Waals surface area contributed by atoms with Crippen molar-refractivity contribution in [1.82, 2.24) is 20.2 Å².